The summed E-state index contributed by atoms with van der Waals surface area (Å²) >= 11 is 11.8. The zero-order valence-electron chi connectivity index (χ0n) is 15.9. The average Bonchev–Trinajstić information content (AvgIpc) is 2.68. The Morgan fingerprint density at radius 3 is 2.39 bits per heavy atom. The van der Waals surface area contributed by atoms with Crippen LogP contribution in [0.3, 0.4) is 0 Å². The summed E-state index contributed by atoms with van der Waals surface area (Å²) < 4.78 is 0. The highest BCUT2D eigenvalue weighted by atomic mass is 35.5. The molecule has 0 spiro atoms. The summed E-state index contributed by atoms with van der Waals surface area (Å²) in [4.78, 5) is 16.7. The molecule has 0 aromatic heterocycles. The number of rotatable bonds is 6. The number of hydrogen-bond donors (Lipinski definition) is 1. The molecule has 1 amide bonds. The maximum atomic E-state index is 12.1. The van der Waals surface area contributed by atoms with Crippen molar-refractivity contribution in [3.8, 4) is 0 Å². The Bertz CT molecular complexity index is 831. The molecule has 148 valence electrons. The Morgan fingerprint density at radius 2 is 1.71 bits per heavy atom. The van der Waals surface area contributed by atoms with Crippen LogP contribution in [0.15, 0.2) is 47.6 Å². The molecule has 0 unspecified atom stereocenters. The van der Waals surface area contributed by atoms with E-state index in [1.165, 1.54) is 11.1 Å². The molecule has 28 heavy (non-hydrogen) atoms. The summed E-state index contributed by atoms with van der Waals surface area (Å²) in [6, 6.07) is 13.8. The lowest BCUT2D eigenvalue weighted by Gasteiger charge is -2.34. The third-order valence-corrected chi connectivity index (χ3v) is 5.44. The lowest BCUT2D eigenvalue weighted by molar-refractivity contribution is -0.122. The molecule has 0 atom stereocenters. The molecular weight excluding hydrogens is 395 g/mol. The van der Waals surface area contributed by atoms with Gasteiger partial charge in [-0.2, -0.15) is 5.10 Å². The lowest BCUT2D eigenvalue weighted by Crippen LogP contribution is -2.48. The van der Waals surface area contributed by atoms with E-state index < -0.39 is 0 Å². The van der Waals surface area contributed by atoms with Crippen molar-refractivity contribution in [3.63, 3.8) is 0 Å². The van der Waals surface area contributed by atoms with Gasteiger partial charge in [0.15, 0.2) is 0 Å². The Kier molecular flexibility index (Phi) is 7.45. The number of benzene rings is 2. The first-order valence-corrected chi connectivity index (χ1v) is 10.0. The Hall–Kier alpha value is -1.92. The molecule has 2 aromatic carbocycles. The first-order chi connectivity index (χ1) is 13.5. The van der Waals surface area contributed by atoms with Gasteiger partial charge in [-0.25, -0.2) is 5.43 Å². The van der Waals surface area contributed by atoms with Gasteiger partial charge in [0.05, 0.1) is 22.8 Å². The van der Waals surface area contributed by atoms with Crippen molar-refractivity contribution >= 4 is 35.3 Å². The van der Waals surface area contributed by atoms with Crippen molar-refractivity contribution in [1.82, 2.24) is 15.2 Å². The maximum Gasteiger partial charge on any atom is 0.254 e. The van der Waals surface area contributed by atoms with E-state index in [1.807, 2.05) is 0 Å². The Labute approximate surface area is 175 Å². The van der Waals surface area contributed by atoms with Crippen LogP contribution < -0.4 is 5.43 Å². The standard InChI is InChI=1S/C21H24Cl2N4O/c1-16-2-4-17(5-3-16)14-26-8-10-27(11-9-26)15-21(28)25-24-13-18-6-7-19(22)20(23)12-18/h2-7,12-13H,8-11,14-15H2,1H3,(H,25,28)/b24-13+. The SMILES string of the molecule is Cc1ccc(CN2CCN(CC(=O)N/N=C/c3ccc(Cl)c(Cl)c3)CC2)cc1. The second-order valence-corrected chi connectivity index (χ2v) is 7.82. The van der Waals surface area contributed by atoms with Gasteiger partial charge in [-0.15, -0.1) is 0 Å². The summed E-state index contributed by atoms with van der Waals surface area (Å²) in [6.07, 6.45) is 1.56. The van der Waals surface area contributed by atoms with E-state index >= 15 is 0 Å². The molecule has 1 aliphatic heterocycles. The fraction of sp³-hybridized carbons (Fsp3) is 0.333. The molecule has 0 saturated carbocycles. The second kappa shape index (κ2) is 10.0. The van der Waals surface area contributed by atoms with Gasteiger partial charge in [-0.05, 0) is 30.2 Å². The van der Waals surface area contributed by atoms with Gasteiger partial charge in [0.1, 0.15) is 0 Å². The first kappa shape index (κ1) is 20.8. The molecule has 1 fully saturated rings. The lowest BCUT2D eigenvalue weighted by atomic mass is 10.1. The molecule has 2 aromatic rings. The third-order valence-electron chi connectivity index (χ3n) is 4.71. The molecule has 3 rings (SSSR count). The third kappa shape index (κ3) is 6.31. The molecule has 1 N–H and O–H groups in total. The van der Waals surface area contributed by atoms with E-state index in [-0.39, 0.29) is 5.91 Å². The highest BCUT2D eigenvalue weighted by Gasteiger charge is 2.18. The number of nitrogens with one attached hydrogen (secondary N) is 1. The normalized spacial score (nSPS) is 15.8. The van der Waals surface area contributed by atoms with Crippen LogP contribution in [0.5, 0.6) is 0 Å². The maximum absolute atomic E-state index is 12.1. The van der Waals surface area contributed by atoms with Crippen LogP contribution in [-0.4, -0.2) is 54.6 Å². The van der Waals surface area contributed by atoms with E-state index in [1.54, 1.807) is 24.4 Å². The molecule has 0 radical (unpaired) electrons. The van der Waals surface area contributed by atoms with Crippen molar-refractivity contribution in [2.45, 2.75) is 13.5 Å². The zero-order chi connectivity index (χ0) is 19.9. The Balaban J connectivity index is 1.39. The molecule has 0 bridgehead atoms. The van der Waals surface area contributed by atoms with Gasteiger partial charge in [-0.1, -0.05) is 59.1 Å². The monoisotopic (exact) mass is 418 g/mol. The minimum atomic E-state index is -0.122. The fourth-order valence-electron chi connectivity index (χ4n) is 3.07. The number of piperazine rings is 1. The quantitative estimate of drug-likeness (QED) is 0.575. The van der Waals surface area contributed by atoms with E-state index in [2.05, 4.69) is 51.5 Å². The number of hydrazone groups is 1. The average molecular weight is 419 g/mol. The van der Waals surface area contributed by atoms with Gasteiger partial charge in [0.2, 0.25) is 0 Å². The van der Waals surface area contributed by atoms with Crippen LogP contribution in [0.2, 0.25) is 10.0 Å². The van der Waals surface area contributed by atoms with Crippen LogP contribution in [0.1, 0.15) is 16.7 Å². The summed E-state index contributed by atoms with van der Waals surface area (Å²) in [7, 11) is 0. The van der Waals surface area contributed by atoms with Crippen LogP contribution in [0.4, 0.5) is 0 Å². The van der Waals surface area contributed by atoms with Crippen LogP contribution in [0, 0.1) is 6.92 Å². The molecule has 7 heteroatoms. The molecule has 5 nitrogen and oxygen atoms in total. The smallest absolute Gasteiger partial charge is 0.254 e. The number of aryl methyl sites for hydroxylation is 1. The van der Waals surface area contributed by atoms with E-state index in [4.69, 9.17) is 23.2 Å². The van der Waals surface area contributed by atoms with E-state index in [0.29, 0.717) is 16.6 Å². The van der Waals surface area contributed by atoms with Crippen molar-refractivity contribution in [3.05, 3.63) is 69.2 Å². The number of halogens is 2. The summed E-state index contributed by atoms with van der Waals surface area (Å²) in [6.45, 7) is 7.04. The first-order valence-electron chi connectivity index (χ1n) is 9.27. The molecule has 1 saturated heterocycles. The van der Waals surface area contributed by atoms with Crippen molar-refractivity contribution < 1.29 is 4.79 Å². The van der Waals surface area contributed by atoms with Gasteiger partial charge < -0.3 is 0 Å². The van der Waals surface area contributed by atoms with E-state index in [9.17, 15) is 4.79 Å². The van der Waals surface area contributed by atoms with Crippen LogP contribution in [-0.2, 0) is 11.3 Å². The van der Waals surface area contributed by atoms with Gasteiger partial charge in [-0.3, -0.25) is 14.6 Å². The Morgan fingerprint density at radius 1 is 1.04 bits per heavy atom. The molecule has 1 heterocycles. The zero-order valence-corrected chi connectivity index (χ0v) is 17.4. The topological polar surface area (TPSA) is 47.9 Å². The van der Waals surface area contributed by atoms with Crippen molar-refractivity contribution in [2.24, 2.45) is 5.10 Å². The summed E-state index contributed by atoms with van der Waals surface area (Å²) in [5.74, 6) is -0.122. The predicted octanol–water partition coefficient (Wildman–Crippen LogP) is 3.57. The predicted molar refractivity (Wildman–Crippen MR) is 115 cm³/mol. The molecule has 1 aliphatic rings. The van der Waals surface area contributed by atoms with Crippen molar-refractivity contribution in [1.29, 1.82) is 0 Å². The summed E-state index contributed by atoms with van der Waals surface area (Å²) in [5, 5.41) is 4.94. The van der Waals surface area contributed by atoms with Crippen molar-refractivity contribution in [2.75, 3.05) is 32.7 Å². The van der Waals surface area contributed by atoms with Gasteiger partial charge in [0.25, 0.3) is 5.91 Å². The van der Waals surface area contributed by atoms with E-state index in [0.717, 1.165) is 38.3 Å². The van der Waals surface area contributed by atoms with Crippen LogP contribution >= 0.6 is 23.2 Å². The van der Waals surface area contributed by atoms with Gasteiger partial charge in [0, 0.05) is 32.7 Å². The number of hydrogen-bond acceptors (Lipinski definition) is 4. The van der Waals surface area contributed by atoms with Gasteiger partial charge >= 0.3 is 0 Å². The minimum Gasteiger partial charge on any atom is -0.297 e. The number of amides is 1. The molecule has 0 aliphatic carbocycles. The number of nitrogens with zero attached hydrogens (tertiary/aromatic N) is 3. The largest absolute Gasteiger partial charge is 0.297 e. The molecular formula is C21H24Cl2N4O. The number of carbonyl (C=O) groups excluding carboxylic acids is 1. The highest BCUT2D eigenvalue weighted by Crippen LogP contribution is 2.21. The van der Waals surface area contributed by atoms with Crippen LogP contribution in [0.25, 0.3) is 0 Å². The number of carbonyl (C=O) groups is 1. The highest BCUT2D eigenvalue weighted by molar-refractivity contribution is 6.42. The minimum absolute atomic E-state index is 0.122. The fourth-order valence-corrected chi connectivity index (χ4v) is 3.37. The summed E-state index contributed by atoms with van der Waals surface area (Å²) in [5.41, 5.74) is 5.95. The second-order valence-electron chi connectivity index (χ2n) is 7.00.